The summed E-state index contributed by atoms with van der Waals surface area (Å²) in [5.74, 6) is -3.05. The fraction of sp³-hybridized carbons (Fsp3) is 0.750. The molecule has 34 heavy (non-hydrogen) atoms. The van der Waals surface area contributed by atoms with Gasteiger partial charge in [-0.3, -0.25) is 14.7 Å². The summed E-state index contributed by atoms with van der Waals surface area (Å²) < 4.78 is 51.2. The minimum absolute atomic E-state index is 0.118. The van der Waals surface area contributed by atoms with Crippen LogP contribution in [0.4, 0.5) is 8.78 Å². The predicted octanol–water partition coefficient (Wildman–Crippen LogP) is 0.774. The van der Waals surface area contributed by atoms with Gasteiger partial charge in [0.15, 0.2) is 6.23 Å². The molecule has 194 valence electrons. The molecule has 0 saturated carbocycles. The smallest absolute Gasteiger partial charge is 0.294 e. The van der Waals surface area contributed by atoms with Gasteiger partial charge in [0.1, 0.15) is 12.1 Å². The van der Waals surface area contributed by atoms with Gasteiger partial charge >= 0.3 is 0 Å². The van der Waals surface area contributed by atoms with E-state index in [1.54, 1.807) is 6.92 Å². The first kappa shape index (κ1) is 28.6. The summed E-state index contributed by atoms with van der Waals surface area (Å²) in [5, 5.41) is 7.73. The minimum Gasteiger partial charge on any atom is -0.379 e. The van der Waals surface area contributed by atoms with Crippen molar-refractivity contribution < 1.29 is 36.9 Å². The largest absolute Gasteiger partial charge is 0.379 e. The number of amidine groups is 1. The standard InChI is InChI=1S/C20H34F2N5O6P/c1-16(13-28)26-34(31-9-3-6-27-7-10-30-11-8-27)32-14-17-12-20(21,22)19(33-17)25-18(23-2)4-5-24-15-29/h4-5,13,15-17,19,26H,3,6-12,14H2,1-2H3,(H,23,25)(H,24,29)/b5-4-. The lowest BCUT2D eigenvalue weighted by atomic mass is 10.2. The number of nitrogens with zero attached hydrogens (tertiary/aromatic N) is 2. The van der Waals surface area contributed by atoms with Crippen molar-refractivity contribution in [2.24, 2.45) is 4.99 Å². The molecule has 0 aromatic carbocycles. The van der Waals surface area contributed by atoms with Crippen molar-refractivity contribution in [3.05, 3.63) is 12.3 Å². The number of aliphatic imine (C=N–C) groups is 1. The number of rotatable bonds is 15. The minimum atomic E-state index is -3.17. The van der Waals surface area contributed by atoms with Crippen LogP contribution in [-0.4, -0.2) is 101 Å². The molecule has 2 rings (SSSR count). The van der Waals surface area contributed by atoms with Gasteiger partial charge in [-0.25, -0.2) is 13.9 Å². The van der Waals surface area contributed by atoms with E-state index in [1.807, 2.05) is 0 Å². The zero-order valence-electron chi connectivity index (χ0n) is 19.5. The van der Waals surface area contributed by atoms with Crippen molar-refractivity contribution in [1.82, 2.24) is 20.6 Å². The van der Waals surface area contributed by atoms with Crippen molar-refractivity contribution in [2.75, 3.05) is 53.1 Å². The molecule has 2 aliphatic heterocycles. The molecule has 4 atom stereocenters. The van der Waals surface area contributed by atoms with Crippen molar-refractivity contribution in [3.8, 4) is 0 Å². The Morgan fingerprint density at radius 3 is 2.76 bits per heavy atom. The third-order valence-electron chi connectivity index (χ3n) is 4.96. The third-order valence-corrected chi connectivity index (χ3v) is 6.38. The summed E-state index contributed by atoms with van der Waals surface area (Å²) in [4.78, 5) is 27.5. The Kier molecular flexibility index (Phi) is 13.0. The highest BCUT2D eigenvalue weighted by molar-refractivity contribution is 7.45. The first-order valence-corrected chi connectivity index (χ1v) is 12.3. The first-order chi connectivity index (χ1) is 16.4. The van der Waals surface area contributed by atoms with Gasteiger partial charge in [-0.05, 0) is 19.4 Å². The van der Waals surface area contributed by atoms with Crippen LogP contribution in [0.1, 0.15) is 19.8 Å². The van der Waals surface area contributed by atoms with Crippen LogP contribution in [0.2, 0.25) is 0 Å². The number of hydrogen-bond acceptors (Lipinski definition) is 9. The second kappa shape index (κ2) is 15.4. The topological polar surface area (TPSA) is 123 Å². The number of alkyl halides is 2. The fourth-order valence-electron chi connectivity index (χ4n) is 3.20. The Balaban J connectivity index is 1.81. The van der Waals surface area contributed by atoms with E-state index in [0.29, 0.717) is 32.5 Å². The lowest BCUT2D eigenvalue weighted by molar-refractivity contribution is -0.109. The molecule has 2 fully saturated rings. The summed E-state index contributed by atoms with van der Waals surface area (Å²) in [5.41, 5.74) is 0. The van der Waals surface area contributed by atoms with Crippen molar-refractivity contribution in [2.45, 2.75) is 44.1 Å². The van der Waals surface area contributed by atoms with E-state index in [4.69, 9.17) is 18.5 Å². The van der Waals surface area contributed by atoms with Crippen LogP contribution < -0.4 is 15.7 Å². The maximum atomic E-state index is 14.5. The van der Waals surface area contributed by atoms with Gasteiger partial charge in [0.05, 0.1) is 38.6 Å². The Bertz CT molecular complexity index is 684. The molecule has 14 heteroatoms. The van der Waals surface area contributed by atoms with E-state index in [-0.39, 0.29) is 12.4 Å². The number of morpholine rings is 1. The molecule has 2 heterocycles. The van der Waals surface area contributed by atoms with E-state index in [9.17, 15) is 18.4 Å². The molecule has 0 aromatic heterocycles. The number of halogens is 2. The average molecular weight is 509 g/mol. The van der Waals surface area contributed by atoms with E-state index >= 15 is 0 Å². The van der Waals surface area contributed by atoms with Crippen LogP contribution in [0.3, 0.4) is 0 Å². The summed E-state index contributed by atoms with van der Waals surface area (Å²) in [6.07, 6.45) is 1.47. The molecule has 0 bridgehead atoms. The lowest BCUT2D eigenvalue weighted by Gasteiger charge is -2.27. The van der Waals surface area contributed by atoms with Crippen LogP contribution in [-0.2, 0) is 28.1 Å². The van der Waals surface area contributed by atoms with Gasteiger partial charge in [-0.2, -0.15) is 0 Å². The summed E-state index contributed by atoms with van der Waals surface area (Å²) >= 11 is 0. The van der Waals surface area contributed by atoms with Crippen LogP contribution >= 0.6 is 8.53 Å². The van der Waals surface area contributed by atoms with Crippen LogP contribution in [0.5, 0.6) is 0 Å². The molecule has 11 nitrogen and oxygen atoms in total. The SMILES string of the molecule is CN=C(/C=C\NC=O)NC1OC(COP(NC(C)C=O)OCCCN2CCOCC2)CC1(F)F. The number of carbonyl (C=O) groups is 2. The monoisotopic (exact) mass is 509 g/mol. The Labute approximate surface area is 199 Å². The van der Waals surface area contributed by atoms with Gasteiger partial charge < -0.3 is 33.9 Å². The van der Waals surface area contributed by atoms with Crippen LogP contribution in [0.25, 0.3) is 0 Å². The quantitative estimate of drug-likeness (QED) is 0.0966. The molecule has 0 spiro atoms. The summed E-state index contributed by atoms with van der Waals surface area (Å²) in [7, 11) is -0.251. The number of nitrogens with one attached hydrogen (secondary N) is 3. The zero-order chi connectivity index (χ0) is 24.8. The molecule has 0 aromatic rings. The number of aldehydes is 1. The molecule has 2 aliphatic rings. The number of ether oxygens (including phenoxy) is 2. The van der Waals surface area contributed by atoms with Gasteiger partial charge in [-0.15, -0.1) is 0 Å². The highest BCUT2D eigenvalue weighted by atomic mass is 31.2. The van der Waals surface area contributed by atoms with E-state index in [1.165, 1.54) is 19.3 Å². The van der Waals surface area contributed by atoms with Gasteiger partial charge in [-0.1, -0.05) is 0 Å². The normalized spacial score (nSPS) is 25.2. The third kappa shape index (κ3) is 10.3. The Hall–Kier alpha value is -1.60. The maximum absolute atomic E-state index is 14.5. The van der Waals surface area contributed by atoms with Gasteiger partial charge in [0, 0.05) is 39.3 Å². The summed E-state index contributed by atoms with van der Waals surface area (Å²) in [6, 6.07) is -0.513. The van der Waals surface area contributed by atoms with Crippen molar-refractivity contribution in [3.63, 3.8) is 0 Å². The second-order valence-electron chi connectivity index (χ2n) is 7.72. The van der Waals surface area contributed by atoms with Crippen molar-refractivity contribution >= 4 is 27.1 Å². The van der Waals surface area contributed by atoms with E-state index in [0.717, 1.165) is 26.1 Å². The molecule has 2 saturated heterocycles. The predicted molar refractivity (Wildman–Crippen MR) is 122 cm³/mol. The summed E-state index contributed by atoms with van der Waals surface area (Å²) in [6.45, 7) is 5.95. The lowest BCUT2D eigenvalue weighted by Crippen LogP contribution is -2.44. The highest BCUT2D eigenvalue weighted by Gasteiger charge is 2.50. The Morgan fingerprint density at radius 1 is 1.32 bits per heavy atom. The molecule has 3 N–H and O–H groups in total. The Morgan fingerprint density at radius 2 is 2.09 bits per heavy atom. The molecule has 0 radical (unpaired) electrons. The number of carbonyl (C=O) groups excluding carboxylic acids is 2. The number of amides is 1. The average Bonchev–Trinajstić information content (AvgIpc) is 3.12. The maximum Gasteiger partial charge on any atom is 0.294 e. The van der Waals surface area contributed by atoms with Crippen LogP contribution in [0.15, 0.2) is 17.3 Å². The number of hydrogen-bond donors (Lipinski definition) is 3. The fourth-order valence-corrected chi connectivity index (χ4v) is 4.41. The molecular formula is C20H34F2N5O6P. The molecule has 0 aliphatic carbocycles. The first-order valence-electron chi connectivity index (χ1n) is 11.1. The molecule has 1 amide bonds. The van der Waals surface area contributed by atoms with E-state index in [2.05, 4.69) is 25.6 Å². The second-order valence-corrected chi connectivity index (χ2v) is 9.01. The highest BCUT2D eigenvalue weighted by Crippen LogP contribution is 2.39. The molecule has 4 unspecified atom stereocenters. The van der Waals surface area contributed by atoms with Gasteiger partial charge in [0.25, 0.3) is 14.4 Å². The van der Waals surface area contributed by atoms with Crippen LogP contribution in [0, 0.1) is 0 Å². The van der Waals surface area contributed by atoms with Crippen molar-refractivity contribution in [1.29, 1.82) is 0 Å². The van der Waals surface area contributed by atoms with Gasteiger partial charge in [0.2, 0.25) is 6.41 Å². The van der Waals surface area contributed by atoms with E-state index < -0.39 is 39.2 Å². The zero-order valence-corrected chi connectivity index (χ0v) is 20.3. The molecular weight excluding hydrogens is 475 g/mol.